The normalized spacial score (nSPS) is 25.2. The molecule has 2 heterocycles. The van der Waals surface area contributed by atoms with Crippen LogP contribution in [-0.4, -0.2) is 65.5 Å². The van der Waals surface area contributed by atoms with Crippen molar-refractivity contribution in [2.75, 3.05) is 32.8 Å². The minimum atomic E-state index is -0.775. The summed E-state index contributed by atoms with van der Waals surface area (Å²) in [6.07, 6.45) is 5.52. The first-order valence-corrected chi connectivity index (χ1v) is 9.00. The van der Waals surface area contributed by atoms with Crippen LogP contribution in [0.2, 0.25) is 0 Å². The van der Waals surface area contributed by atoms with Crippen LogP contribution in [0.3, 0.4) is 0 Å². The molecule has 0 radical (unpaired) electrons. The Hall–Kier alpha value is -1.30. The number of likely N-dealkylation sites (tertiary alicyclic amines) is 2. The van der Waals surface area contributed by atoms with Crippen molar-refractivity contribution in [3.05, 3.63) is 0 Å². The van der Waals surface area contributed by atoms with Gasteiger partial charge in [-0.05, 0) is 58.5 Å². The summed E-state index contributed by atoms with van der Waals surface area (Å²) in [5, 5.41) is 13.4. The van der Waals surface area contributed by atoms with Crippen LogP contribution in [0.15, 0.2) is 5.16 Å². The fourth-order valence-corrected chi connectivity index (χ4v) is 3.63. The lowest BCUT2D eigenvalue weighted by atomic mass is 9.91. The van der Waals surface area contributed by atoms with Gasteiger partial charge >= 0.3 is 6.09 Å². The standard InChI is InChI=1S/C17H31N3O3/c1-3-13-23-18-14(2)15-6-10-19(11-7-15)16-5-4-9-20(12-8-16)17(21)22/h15-16H,3-13H2,1-2H3,(H,21,22)/b18-14+. The van der Waals surface area contributed by atoms with Gasteiger partial charge in [-0.25, -0.2) is 4.79 Å². The van der Waals surface area contributed by atoms with Crippen molar-refractivity contribution in [1.82, 2.24) is 9.80 Å². The molecule has 1 atom stereocenters. The molecule has 6 heteroatoms. The van der Waals surface area contributed by atoms with Crippen LogP contribution in [0.25, 0.3) is 0 Å². The van der Waals surface area contributed by atoms with Crippen LogP contribution in [0.1, 0.15) is 52.4 Å². The van der Waals surface area contributed by atoms with Crippen molar-refractivity contribution in [3.8, 4) is 0 Å². The molecule has 2 aliphatic rings. The zero-order valence-electron chi connectivity index (χ0n) is 14.5. The lowest BCUT2D eigenvalue weighted by Crippen LogP contribution is -2.43. The molecule has 0 aromatic carbocycles. The number of nitrogens with zero attached hydrogens (tertiary/aromatic N) is 3. The summed E-state index contributed by atoms with van der Waals surface area (Å²) in [7, 11) is 0. The molecule has 0 aromatic heterocycles. The fourth-order valence-electron chi connectivity index (χ4n) is 3.63. The minimum absolute atomic E-state index is 0.532. The molecule has 23 heavy (non-hydrogen) atoms. The van der Waals surface area contributed by atoms with Crippen LogP contribution >= 0.6 is 0 Å². The van der Waals surface area contributed by atoms with Gasteiger partial charge in [-0.2, -0.15) is 0 Å². The third-order valence-corrected chi connectivity index (χ3v) is 5.11. The topological polar surface area (TPSA) is 65.4 Å². The highest BCUT2D eigenvalue weighted by atomic mass is 16.6. The molecule has 1 unspecified atom stereocenters. The first-order chi connectivity index (χ1) is 11.1. The Morgan fingerprint density at radius 1 is 1.17 bits per heavy atom. The zero-order chi connectivity index (χ0) is 16.7. The summed E-state index contributed by atoms with van der Waals surface area (Å²) in [4.78, 5) is 20.5. The number of oxime groups is 1. The third kappa shape index (κ3) is 5.37. The maximum Gasteiger partial charge on any atom is 0.407 e. The Morgan fingerprint density at radius 2 is 1.91 bits per heavy atom. The average molecular weight is 325 g/mol. The summed E-state index contributed by atoms with van der Waals surface area (Å²) >= 11 is 0. The van der Waals surface area contributed by atoms with Gasteiger partial charge in [0.2, 0.25) is 0 Å². The van der Waals surface area contributed by atoms with Crippen molar-refractivity contribution in [2.24, 2.45) is 11.1 Å². The van der Waals surface area contributed by atoms with Gasteiger partial charge in [0.05, 0.1) is 5.71 Å². The van der Waals surface area contributed by atoms with E-state index in [0.717, 1.165) is 57.3 Å². The van der Waals surface area contributed by atoms with Gasteiger partial charge in [-0.15, -0.1) is 0 Å². The van der Waals surface area contributed by atoms with Crippen molar-refractivity contribution in [1.29, 1.82) is 0 Å². The second-order valence-corrected chi connectivity index (χ2v) is 6.73. The minimum Gasteiger partial charge on any atom is -0.465 e. The van der Waals surface area contributed by atoms with Crippen molar-refractivity contribution >= 4 is 11.8 Å². The first kappa shape index (κ1) is 18.0. The van der Waals surface area contributed by atoms with Gasteiger partial charge in [0.25, 0.3) is 0 Å². The highest BCUT2D eigenvalue weighted by molar-refractivity contribution is 5.83. The molecule has 0 aromatic rings. The number of piperidine rings is 1. The van der Waals surface area contributed by atoms with E-state index in [1.54, 1.807) is 4.90 Å². The van der Waals surface area contributed by atoms with E-state index < -0.39 is 6.09 Å². The van der Waals surface area contributed by atoms with Crippen LogP contribution in [0.4, 0.5) is 4.79 Å². The molecule has 0 aliphatic carbocycles. The van der Waals surface area contributed by atoms with Gasteiger partial charge in [0, 0.05) is 25.0 Å². The van der Waals surface area contributed by atoms with Crippen LogP contribution in [0, 0.1) is 5.92 Å². The van der Waals surface area contributed by atoms with E-state index in [1.165, 1.54) is 0 Å². The maximum absolute atomic E-state index is 11.1. The van der Waals surface area contributed by atoms with E-state index >= 15 is 0 Å². The molecular formula is C17H31N3O3. The molecular weight excluding hydrogens is 294 g/mol. The van der Waals surface area contributed by atoms with E-state index in [0.29, 0.717) is 31.7 Å². The first-order valence-electron chi connectivity index (χ1n) is 9.00. The zero-order valence-corrected chi connectivity index (χ0v) is 14.5. The molecule has 2 aliphatic heterocycles. The van der Waals surface area contributed by atoms with Gasteiger partial charge < -0.3 is 19.7 Å². The second-order valence-electron chi connectivity index (χ2n) is 6.73. The summed E-state index contributed by atoms with van der Waals surface area (Å²) in [6.45, 7) is 8.38. The SMILES string of the molecule is CCCO/N=C(\C)C1CCN(C2CCCN(C(=O)O)CC2)CC1. The lowest BCUT2D eigenvalue weighted by molar-refractivity contribution is 0.124. The van der Waals surface area contributed by atoms with E-state index in [2.05, 4.69) is 23.9 Å². The summed E-state index contributed by atoms with van der Waals surface area (Å²) in [5.74, 6) is 0.532. The number of hydrogen-bond donors (Lipinski definition) is 1. The van der Waals surface area contributed by atoms with Crippen molar-refractivity contribution in [2.45, 2.75) is 58.4 Å². The van der Waals surface area contributed by atoms with Crippen LogP contribution in [-0.2, 0) is 4.84 Å². The summed E-state index contributed by atoms with van der Waals surface area (Å²) < 4.78 is 0. The van der Waals surface area contributed by atoms with Crippen molar-refractivity contribution < 1.29 is 14.7 Å². The summed E-state index contributed by atoms with van der Waals surface area (Å²) in [6, 6.07) is 0.536. The molecule has 0 spiro atoms. The molecule has 2 saturated heterocycles. The van der Waals surface area contributed by atoms with E-state index in [-0.39, 0.29) is 0 Å². The molecule has 132 valence electrons. The molecule has 0 saturated carbocycles. The fraction of sp³-hybridized carbons (Fsp3) is 0.882. The quantitative estimate of drug-likeness (QED) is 0.479. The number of amides is 1. The molecule has 1 N–H and O–H groups in total. The van der Waals surface area contributed by atoms with Crippen LogP contribution in [0.5, 0.6) is 0 Å². The van der Waals surface area contributed by atoms with E-state index in [9.17, 15) is 4.79 Å². The third-order valence-electron chi connectivity index (χ3n) is 5.11. The monoisotopic (exact) mass is 325 g/mol. The average Bonchev–Trinajstić information content (AvgIpc) is 2.81. The summed E-state index contributed by atoms with van der Waals surface area (Å²) in [5.41, 5.74) is 1.12. The predicted octanol–water partition coefficient (Wildman–Crippen LogP) is 3.03. The highest BCUT2D eigenvalue weighted by Crippen LogP contribution is 2.25. The number of carbonyl (C=O) groups is 1. The Kier molecular flexibility index (Phi) is 7.15. The largest absolute Gasteiger partial charge is 0.465 e. The Balaban J connectivity index is 1.78. The van der Waals surface area contributed by atoms with Crippen molar-refractivity contribution in [3.63, 3.8) is 0 Å². The molecule has 6 nitrogen and oxygen atoms in total. The maximum atomic E-state index is 11.1. The van der Waals surface area contributed by atoms with Gasteiger partial charge in [0.15, 0.2) is 0 Å². The Bertz CT molecular complexity index is 406. The van der Waals surface area contributed by atoms with E-state index in [1.807, 2.05) is 0 Å². The smallest absolute Gasteiger partial charge is 0.407 e. The number of hydrogen-bond acceptors (Lipinski definition) is 4. The number of carboxylic acid groups (broad SMARTS) is 1. The molecule has 0 bridgehead atoms. The number of rotatable bonds is 5. The van der Waals surface area contributed by atoms with Gasteiger partial charge in [-0.3, -0.25) is 0 Å². The predicted molar refractivity (Wildman–Crippen MR) is 90.9 cm³/mol. The van der Waals surface area contributed by atoms with Crippen LogP contribution < -0.4 is 0 Å². The highest BCUT2D eigenvalue weighted by Gasteiger charge is 2.28. The Labute approximate surface area is 139 Å². The molecule has 2 fully saturated rings. The van der Waals surface area contributed by atoms with Gasteiger partial charge in [0.1, 0.15) is 6.61 Å². The molecule has 2 rings (SSSR count). The Morgan fingerprint density at radius 3 is 2.57 bits per heavy atom. The van der Waals surface area contributed by atoms with E-state index in [4.69, 9.17) is 9.94 Å². The lowest BCUT2D eigenvalue weighted by Gasteiger charge is -2.37. The molecule has 1 amide bonds. The van der Waals surface area contributed by atoms with Gasteiger partial charge in [-0.1, -0.05) is 12.1 Å². The second kappa shape index (κ2) is 9.11.